The Bertz CT molecular complexity index is 411. The van der Waals surface area contributed by atoms with Crippen molar-refractivity contribution in [1.82, 2.24) is 4.90 Å². The summed E-state index contributed by atoms with van der Waals surface area (Å²) in [6.07, 6.45) is 0.875. The molecule has 1 aromatic rings. The Kier molecular flexibility index (Phi) is 5.44. The lowest BCUT2D eigenvalue weighted by molar-refractivity contribution is 0.0429. The Morgan fingerprint density at radius 2 is 2.00 bits per heavy atom. The van der Waals surface area contributed by atoms with E-state index >= 15 is 0 Å². The molecular formula is C17H27NO2. The van der Waals surface area contributed by atoms with E-state index in [4.69, 9.17) is 4.74 Å². The Morgan fingerprint density at radius 1 is 1.30 bits per heavy atom. The van der Waals surface area contributed by atoms with Crippen molar-refractivity contribution in [3.63, 3.8) is 0 Å². The van der Waals surface area contributed by atoms with Crippen molar-refractivity contribution in [1.29, 1.82) is 0 Å². The monoisotopic (exact) mass is 277 g/mol. The SMILES string of the molecule is Cc1cccc(OCC(O)CN2CC(C)CC(C)C2)c1. The molecule has 3 heteroatoms. The van der Waals surface area contributed by atoms with Crippen LogP contribution < -0.4 is 4.74 Å². The van der Waals surface area contributed by atoms with Crippen LogP contribution in [0.15, 0.2) is 24.3 Å². The summed E-state index contributed by atoms with van der Waals surface area (Å²) in [6, 6.07) is 7.95. The third-order valence-corrected chi connectivity index (χ3v) is 3.85. The molecule has 0 amide bonds. The summed E-state index contributed by atoms with van der Waals surface area (Å²) < 4.78 is 5.67. The number of aliphatic hydroxyl groups is 1. The van der Waals surface area contributed by atoms with Gasteiger partial charge in [-0.1, -0.05) is 26.0 Å². The summed E-state index contributed by atoms with van der Waals surface area (Å²) >= 11 is 0. The highest BCUT2D eigenvalue weighted by atomic mass is 16.5. The summed E-state index contributed by atoms with van der Waals surface area (Å²) in [5, 5.41) is 10.1. The topological polar surface area (TPSA) is 32.7 Å². The van der Waals surface area contributed by atoms with E-state index in [0.717, 1.165) is 30.7 Å². The number of hydrogen-bond acceptors (Lipinski definition) is 3. The summed E-state index contributed by atoms with van der Waals surface area (Å²) in [6.45, 7) is 9.87. The lowest BCUT2D eigenvalue weighted by Crippen LogP contribution is -2.43. The number of rotatable bonds is 5. The Hall–Kier alpha value is -1.06. The Balaban J connectivity index is 1.76. The molecule has 1 saturated heterocycles. The first-order valence-electron chi connectivity index (χ1n) is 7.63. The zero-order valence-corrected chi connectivity index (χ0v) is 12.9. The van der Waals surface area contributed by atoms with Gasteiger partial charge in [-0.2, -0.15) is 0 Å². The van der Waals surface area contributed by atoms with E-state index in [1.807, 2.05) is 31.2 Å². The molecule has 1 aliphatic rings. The summed E-state index contributed by atoms with van der Waals surface area (Å²) in [5.41, 5.74) is 1.18. The van der Waals surface area contributed by atoms with E-state index in [2.05, 4.69) is 18.7 Å². The summed E-state index contributed by atoms with van der Waals surface area (Å²) in [4.78, 5) is 2.36. The van der Waals surface area contributed by atoms with Crippen LogP contribution in [0.1, 0.15) is 25.8 Å². The van der Waals surface area contributed by atoms with Crippen molar-refractivity contribution in [3.05, 3.63) is 29.8 Å². The summed E-state index contributed by atoms with van der Waals surface area (Å²) in [7, 11) is 0. The average Bonchev–Trinajstić information content (AvgIpc) is 2.35. The molecule has 0 bridgehead atoms. The van der Waals surface area contributed by atoms with Gasteiger partial charge in [0.1, 0.15) is 18.5 Å². The van der Waals surface area contributed by atoms with Gasteiger partial charge in [-0.3, -0.25) is 0 Å². The molecule has 0 aliphatic carbocycles. The van der Waals surface area contributed by atoms with E-state index in [9.17, 15) is 5.11 Å². The van der Waals surface area contributed by atoms with Crippen molar-refractivity contribution < 1.29 is 9.84 Å². The zero-order chi connectivity index (χ0) is 14.5. The molecule has 0 radical (unpaired) electrons. The van der Waals surface area contributed by atoms with Crippen molar-refractivity contribution in [3.8, 4) is 5.75 Å². The largest absolute Gasteiger partial charge is 0.491 e. The molecule has 3 atom stereocenters. The van der Waals surface area contributed by atoms with Gasteiger partial charge in [0.2, 0.25) is 0 Å². The normalized spacial score (nSPS) is 25.4. The first kappa shape index (κ1) is 15.3. The summed E-state index contributed by atoms with van der Waals surface area (Å²) in [5.74, 6) is 2.29. The molecule has 0 saturated carbocycles. The second-order valence-electron chi connectivity index (χ2n) is 6.45. The van der Waals surface area contributed by atoms with Crippen LogP contribution in [-0.4, -0.2) is 42.4 Å². The van der Waals surface area contributed by atoms with Crippen LogP contribution in [0, 0.1) is 18.8 Å². The van der Waals surface area contributed by atoms with E-state index in [0.29, 0.717) is 13.2 Å². The van der Waals surface area contributed by atoms with Crippen molar-refractivity contribution in [2.75, 3.05) is 26.2 Å². The molecule has 20 heavy (non-hydrogen) atoms. The van der Waals surface area contributed by atoms with Crippen LogP contribution in [0.25, 0.3) is 0 Å². The maximum atomic E-state index is 10.1. The van der Waals surface area contributed by atoms with Gasteiger partial charge in [0.15, 0.2) is 0 Å². The van der Waals surface area contributed by atoms with Crippen molar-refractivity contribution >= 4 is 0 Å². The highest BCUT2D eigenvalue weighted by Gasteiger charge is 2.23. The molecule has 3 nitrogen and oxygen atoms in total. The second kappa shape index (κ2) is 7.09. The highest BCUT2D eigenvalue weighted by molar-refractivity contribution is 5.27. The lowest BCUT2D eigenvalue weighted by Gasteiger charge is -2.35. The third kappa shape index (κ3) is 4.80. The van der Waals surface area contributed by atoms with Crippen molar-refractivity contribution in [2.45, 2.75) is 33.3 Å². The van der Waals surface area contributed by atoms with E-state index in [-0.39, 0.29) is 0 Å². The molecule has 1 aromatic carbocycles. The first-order chi connectivity index (χ1) is 9.52. The number of aryl methyl sites for hydroxylation is 1. The fraction of sp³-hybridized carbons (Fsp3) is 0.647. The number of piperidine rings is 1. The number of likely N-dealkylation sites (tertiary alicyclic amines) is 1. The van der Waals surface area contributed by atoms with Gasteiger partial charge in [-0.25, -0.2) is 0 Å². The van der Waals surface area contributed by atoms with Crippen LogP contribution in [0.3, 0.4) is 0 Å². The van der Waals surface area contributed by atoms with Gasteiger partial charge in [-0.05, 0) is 42.9 Å². The zero-order valence-electron chi connectivity index (χ0n) is 12.9. The van der Waals surface area contributed by atoms with Gasteiger partial charge in [0.05, 0.1) is 0 Å². The van der Waals surface area contributed by atoms with Gasteiger partial charge in [0, 0.05) is 19.6 Å². The molecule has 1 N–H and O–H groups in total. The molecule has 0 aromatic heterocycles. The van der Waals surface area contributed by atoms with Gasteiger partial charge >= 0.3 is 0 Å². The molecule has 1 fully saturated rings. The molecule has 2 rings (SSSR count). The van der Waals surface area contributed by atoms with E-state index in [1.165, 1.54) is 12.0 Å². The number of aliphatic hydroxyl groups excluding tert-OH is 1. The fourth-order valence-corrected chi connectivity index (χ4v) is 3.19. The number of β-amino-alcohol motifs (C(OH)–C–C–N with tert-alkyl or cyclic N) is 1. The molecule has 3 unspecified atom stereocenters. The predicted molar refractivity (Wildman–Crippen MR) is 82.1 cm³/mol. The standard InChI is InChI=1S/C17H27NO2/c1-13-5-4-6-17(8-13)20-12-16(19)11-18-9-14(2)7-15(3)10-18/h4-6,8,14-16,19H,7,9-12H2,1-3H3. The molecule has 0 spiro atoms. The van der Waals surface area contributed by atoms with Crippen LogP contribution in [0.4, 0.5) is 0 Å². The number of hydrogen-bond donors (Lipinski definition) is 1. The quantitative estimate of drug-likeness (QED) is 0.898. The Labute approximate surface area is 122 Å². The number of benzene rings is 1. The first-order valence-corrected chi connectivity index (χ1v) is 7.63. The molecule has 112 valence electrons. The second-order valence-corrected chi connectivity index (χ2v) is 6.45. The van der Waals surface area contributed by atoms with Crippen LogP contribution >= 0.6 is 0 Å². The van der Waals surface area contributed by atoms with Gasteiger partial charge in [0.25, 0.3) is 0 Å². The minimum atomic E-state index is -0.423. The molecule has 1 heterocycles. The maximum absolute atomic E-state index is 10.1. The highest BCUT2D eigenvalue weighted by Crippen LogP contribution is 2.21. The Morgan fingerprint density at radius 3 is 2.65 bits per heavy atom. The van der Waals surface area contributed by atoms with Crippen LogP contribution in [0.2, 0.25) is 0 Å². The van der Waals surface area contributed by atoms with Gasteiger partial charge in [-0.15, -0.1) is 0 Å². The van der Waals surface area contributed by atoms with Crippen LogP contribution in [-0.2, 0) is 0 Å². The third-order valence-electron chi connectivity index (χ3n) is 3.85. The lowest BCUT2D eigenvalue weighted by atomic mass is 9.92. The fourth-order valence-electron chi connectivity index (χ4n) is 3.19. The van der Waals surface area contributed by atoms with Crippen LogP contribution in [0.5, 0.6) is 5.75 Å². The van der Waals surface area contributed by atoms with E-state index < -0.39 is 6.10 Å². The number of ether oxygens (including phenoxy) is 1. The minimum absolute atomic E-state index is 0.364. The maximum Gasteiger partial charge on any atom is 0.119 e. The van der Waals surface area contributed by atoms with Crippen molar-refractivity contribution in [2.24, 2.45) is 11.8 Å². The minimum Gasteiger partial charge on any atom is -0.491 e. The average molecular weight is 277 g/mol. The van der Waals surface area contributed by atoms with Gasteiger partial charge < -0.3 is 14.7 Å². The smallest absolute Gasteiger partial charge is 0.119 e. The number of nitrogens with zero attached hydrogens (tertiary/aromatic N) is 1. The van der Waals surface area contributed by atoms with E-state index in [1.54, 1.807) is 0 Å². The molecule has 1 aliphatic heterocycles. The predicted octanol–water partition coefficient (Wildman–Crippen LogP) is 2.71. The molecular weight excluding hydrogens is 250 g/mol.